The lowest BCUT2D eigenvalue weighted by Gasteiger charge is -2.17. The monoisotopic (exact) mass is 240 g/mol. The molecule has 3 nitrogen and oxygen atoms in total. The number of ether oxygens (including phenoxy) is 1. The van der Waals surface area contributed by atoms with E-state index in [2.05, 4.69) is 17.2 Å². The fraction of sp³-hybridized carbons (Fsp3) is 0.583. The summed E-state index contributed by atoms with van der Waals surface area (Å²) in [5.41, 5.74) is 1.06. The normalized spacial score (nSPS) is 22.2. The molecule has 1 aromatic heterocycles. The van der Waals surface area contributed by atoms with Crippen molar-refractivity contribution >= 4 is 11.6 Å². The first-order valence-corrected chi connectivity index (χ1v) is 6.06. The molecule has 2 unspecified atom stereocenters. The molecule has 0 spiro atoms. The highest BCUT2D eigenvalue weighted by atomic mass is 35.5. The summed E-state index contributed by atoms with van der Waals surface area (Å²) in [7, 11) is 0. The topological polar surface area (TPSA) is 34.1 Å². The Bertz CT molecular complexity index is 340. The number of nitrogens with zero attached hydrogens (tertiary/aromatic N) is 1. The first-order chi connectivity index (χ1) is 7.77. The minimum Gasteiger partial charge on any atom is -0.381 e. The van der Waals surface area contributed by atoms with E-state index in [0.29, 0.717) is 11.1 Å². The van der Waals surface area contributed by atoms with E-state index in [4.69, 9.17) is 16.3 Å². The molecule has 1 aromatic rings. The molecular weight excluding hydrogens is 224 g/mol. The number of rotatable bonds is 4. The molecule has 1 N–H and O–H groups in total. The van der Waals surface area contributed by atoms with Crippen molar-refractivity contribution in [3.05, 3.63) is 29.0 Å². The Morgan fingerprint density at radius 2 is 2.56 bits per heavy atom. The van der Waals surface area contributed by atoms with E-state index >= 15 is 0 Å². The standard InChI is InChI=1S/C12H17ClN2O/c1-9(11-3-2-5-14-12(11)13)15-7-10-4-6-16-8-10/h2-3,5,9-10,15H,4,6-8H2,1H3. The summed E-state index contributed by atoms with van der Waals surface area (Å²) in [4.78, 5) is 4.08. The van der Waals surface area contributed by atoms with Crippen LogP contribution in [0, 0.1) is 5.92 Å². The lowest BCUT2D eigenvalue weighted by molar-refractivity contribution is 0.184. The summed E-state index contributed by atoms with van der Waals surface area (Å²) in [5.74, 6) is 0.637. The molecule has 0 amide bonds. The Kier molecular flexibility index (Phi) is 4.16. The van der Waals surface area contributed by atoms with Crippen LogP contribution in [0.4, 0.5) is 0 Å². The van der Waals surface area contributed by atoms with Crippen LogP contribution in [0.5, 0.6) is 0 Å². The maximum Gasteiger partial charge on any atom is 0.133 e. The minimum absolute atomic E-state index is 0.238. The van der Waals surface area contributed by atoms with Crippen LogP contribution in [0.3, 0.4) is 0 Å². The minimum atomic E-state index is 0.238. The van der Waals surface area contributed by atoms with Gasteiger partial charge in [-0.2, -0.15) is 0 Å². The van der Waals surface area contributed by atoms with Crippen molar-refractivity contribution in [2.45, 2.75) is 19.4 Å². The average molecular weight is 241 g/mol. The van der Waals surface area contributed by atoms with Gasteiger partial charge in [0.15, 0.2) is 0 Å². The van der Waals surface area contributed by atoms with Crippen LogP contribution in [0.2, 0.25) is 5.15 Å². The highest BCUT2D eigenvalue weighted by Crippen LogP contribution is 2.20. The van der Waals surface area contributed by atoms with E-state index in [1.165, 1.54) is 0 Å². The van der Waals surface area contributed by atoms with E-state index in [0.717, 1.165) is 31.7 Å². The zero-order valence-corrected chi connectivity index (χ0v) is 10.2. The van der Waals surface area contributed by atoms with Crippen LogP contribution in [0.15, 0.2) is 18.3 Å². The molecule has 0 saturated carbocycles. The van der Waals surface area contributed by atoms with Gasteiger partial charge in [-0.1, -0.05) is 17.7 Å². The first-order valence-electron chi connectivity index (χ1n) is 5.69. The van der Waals surface area contributed by atoms with E-state index in [1.807, 2.05) is 12.1 Å². The zero-order chi connectivity index (χ0) is 11.4. The molecule has 2 rings (SSSR count). The van der Waals surface area contributed by atoms with Crippen molar-refractivity contribution in [1.29, 1.82) is 0 Å². The number of hydrogen-bond donors (Lipinski definition) is 1. The zero-order valence-electron chi connectivity index (χ0n) is 9.45. The Labute approximate surface area is 101 Å². The number of hydrogen-bond acceptors (Lipinski definition) is 3. The van der Waals surface area contributed by atoms with Crippen molar-refractivity contribution in [2.24, 2.45) is 5.92 Å². The van der Waals surface area contributed by atoms with Gasteiger partial charge in [-0.05, 0) is 25.3 Å². The third-order valence-electron chi connectivity index (χ3n) is 2.99. The Hall–Kier alpha value is -0.640. The van der Waals surface area contributed by atoms with Gasteiger partial charge in [0, 0.05) is 31.0 Å². The third-order valence-corrected chi connectivity index (χ3v) is 3.31. The van der Waals surface area contributed by atoms with Gasteiger partial charge in [0.25, 0.3) is 0 Å². The molecule has 2 atom stereocenters. The molecule has 16 heavy (non-hydrogen) atoms. The van der Waals surface area contributed by atoms with Crippen LogP contribution >= 0.6 is 11.6 Å². The van der Waals surface area contributed by atoms with Gasteiger partial charge in [0.05, 0.1) is 6.61 Å². The Balaban J connectivity index is 1.87. The van der Waals surface area contributed by atoms with E-state index in [1.54, 1.807) is 6.20 Å². The number of halogens is 1. The van der Waals surface area contributed by atoms with Crippen LogP contribution < -0.4 is 5.32 Å². The first kappa shape index (κ1) is 11.8. The van der Waals surface area contributed by atoms with E-state index < -0.39 is 0 Å². The van der Waals surface area contributed by atoms with Crippen molar-refractivity contribution in [3.63, 3.8) is 0 Å². The molecule has 0 aliphatic carbocycles. The SMILES string of the molecule is CC(NCC1CCOC1)c1cccnc1Cl. The molecule has 2 heterocycles. The lowest BCUT2D eigenvalue weighted by atomic mass is 10.1. The van der Waals surface area contributed by atoms with Gasteiger partial charge in [-0.3, -0.25) is 0 Å². The maximum atomic E-state index is 6.04. The Morgan fingerprint density at radius 1 is 1.69 bits per heavy atom. The van der Waals surface area contributed by atoms with Gasteiger partial charge in [0.2, 0.25) is 0 Å². The number of nitrogens with one attached hydrogen (secondary N) is 1. The molecule has 1 saturated heterocycles. The van der Waals surface area contributed by atoms with Crippen LogP contribution in [0.25, 0.3) is 0 Å². The summed E-state index contributed by atoms with van der Waals surface area (Å²) < 4.78 is 5.34. The Morgan fingerprint density at radius 3 is 3.25 bits per heavy atom. The molecule has 88 valence electrons. The number of pyridine rings is 1. The second-order valence-electron chi connectivity index (χ2n) is 4.24. The summed E-state index contributed by atoms with van der Waals surface area (Å²) in [6.45, 7) is 4.86. The van der Waals surface area contributed by atoms with E-state index in [-0.39, 0.29) is 6.04 Å². The molecule has 1 aliphatic rings. The quantitative estimate of drug-likeness (QED) is 0.821. The van der Waals surface area contributed by atoms with Gasteiger partial charge in [0.1, 0.15) is 5.15 Å². The second-order valence-corrected chi connectivity index (χ2v) is 4.60. The fourth-order valence-corrected chi connectivity index (χ4v) is 2.20. The highest BCUT2D eigenvalue weighted by molar-refractivity contribution is 6.30. The van der Waals surface area contributed by atoms with Crippen molar-refractivity contribution in [3.8, 4) is 0 Å². The van der Waals surface area contributed by atoms with Crippen molar-refractivity contribution in [1.82, 2.24) is 10.3 Å². The average Bonchev–Trinajstić information content (AvgIpc) is 2.79. The summed E-state index contributed by atoms with van der Waals surface area (Å²) in [6, 6.07) is 4.16. The third kappa shape index (κ3) is 2.94. The van der Waals surface area contributed by atoms with Gasteiger partial charge in [-0.15, -0.1) is 0 Å². The smallest absolute Gasteiger partial charge is 0.133 e. The van der Waals surface area contributed by atoms with Crippen molar-refractivity contribution in [2.75, 3.05) is 19.8 Å². The fourth-order valence-electron chi connectivity index (χ4n) is 1.92. The number of aromatic nitrogens is 1. The second kappa shape index (κ2) is 5.62. The lowest BCUT2D eigenvalue weighted by Crippen LogP contribution is -2.26. The van der Waals surface area contributed by atoms with Crippen LogP contribution in [-0.2, 0) is 4.74 Å². The van der Waals surface area contributed by atoms with Gasteiger partial charge in [-0.25, -0.2) is 4.98 Å². The molecule has 1 fully saturated rings. The molecule has 0 aromatic carbocycles. The predicted molar refractivity (Wildman–Crippen MR) is 64.6 cm³/mol. The predicted octanol–water partition coefficient (Wildman–Crippen LogP) is 2.42. The molecule has 0 radical (unpaired) electrons. The van der Waals surface area contributed by atoms with E-state index in [9.17, 15) is 0 Å². The summed E-state index contributed by atoms with van der Waals surface area (Å²) >= 11 is 6.04. The van der Waals surface area contributed by atoms with Gasteiger partial charge < -0.3 is 10.1 Å². The summed E-state index contributed by atoms with van der Waals surface area (Å²) in [6.07, 6.45) is 2.86. The highest BCUT2D eigenvalue weighted by Gasteiger charge is 2.17. The largest absolute Gasteiger partial charge is 0.381 e. The molecule has 1 aliphatic heterocycles. The van der Waals surface area contributed by atoms with Crippen LogP contribution in [-0.4, -0.2) is 24.7 Å². The van der Waals surface area contributed by atoms with Crippen LogP contribution in [0.1, 0.15) is 24.9 Å². The summed E-state index contributed by atoms with van der Waals surface area (Å²) in [5, 5.41) is 4.07. The van der Waals surface area contributed by atoms with Crippen molar-refractivity contribution < 1.29 is 4.74 Å². The molecule has 4 heteroatoms. The molecule has 0 bridgehead atoms. The maximum absolute atomic E-state index is 6.04. The molecular formula is C12H17ClN2O. The van der Waals surface area contributed by atoms with Gasteiger partial charge >= 0.3 is 0 Å².